The van der Waals surface area contributed by atoms with Gasteiger partial charge in [0.05, 0.1) is 5.92 Å². The van der Waals surface area contributed by atoms with Gasteiger partial charge in [-0.1, -0.05) is 32.0 Å². The van der Waals surface area contributed by atoms with Crippen molar-refractivity contribution in [1.82, 2.24) is 5.32 Å². The van der Waals surface area contributed by atoms with E-state index < -0.39 is 0 Å². The van der Waals surface area contributed by atoms with Gasteiger partial charge in [0.1, 0.15) is 5.82 Å². The Balaban J connectivity index is 2.56. The van der Waals surface area contributed by atoms with Crippen LogP contribution in [0.15, 0.2) is 24.3 Å². The van der Waals surface area contributed by atoms with Gasteiger partial charge in [-0.05, 0) is 12.0 Å². The van der Waals surface area contributed by atoms with Crippen molar-refractivity contribution in [3.8, 4) is 0 Å². The quantitative estimate of drug-likeness (QED) is 0.820. The lowest BCUT2D eigenvalue weighted by Crippen LogP contribution is -2.37. The summed E-state index contributed by atoms with van der Waals surface area (Å²) in [4.78, 5) is 11.8. The normalized spacial score (nSPS) is 12.5. The number of carbonyl (C=O) groups excluding carboxylic acids is 1. The first kappa shape index (κ1) is 13.6. The maximum atomic E-state index is 13.3. The van der Waals surface area contributed by atoms with E-state index in [9.17, 15) is 9.18 Å². The Kier molecular flexibility index (Phi) is 5.10. The van der Waals surface area contributed by atoms with Crippen LogP contribution < -0.4 is 11.1 Å². The average molecular weight is 238 g/mol. The monoisotopic (exact) mass is 238 g/mol. The van der Waals surface area contributed by atoms with E-state index >= 15 is 0 Å². The summed E-state index contributed by atoms with van der Waals surface area (Å²) in [5.74, 6) is -0.463. The molecule has 0 fully saturated rings. The van der Waals surface area contributed by atoms with Crippen LogP contribution in [0.1, 0.15) is 19.4 Å². The highest BCUT2D eigenvalue weighted by Gasteiger charge is 2.20. The van der Waals surface area contributed by atoms with Crippen LogP contribution >= 0.6 is 0 Å². The molecule has 0 spiro atoms. The minimum Gasteiger partial charge on any atom is -0.352 e. The van der Waals surface area contributed by atoms with E-state index in [0.29, 0.717) is 12.1 Å². The van der Waals surface area contributed by atoms with E-state index in [-0.39, 0.29) is 30.1 Å². The van der Waals surface area contributed by atoms with E-state index in [4.69, 9.17) is 5.73 Å². The molecule has 17 heavy (non-hydrogen) atoms. The number of nitrogens with one attached hydrogen (secondary N) is 1. The zero-order valence-corrected chi connectivity index (χ0v) is 10.2. The van der Waals surface area contributed by atoms with Crippen molar-refractivity contribution in [3.63, 3.8) is 0 Å². The predicted octanol–water partition coefficient (Wildman–Crippen LogP) is 1.67. The third kappa shape index (κ3) is 3.82. The molecule has 0 aromatic heterocycles. The number of rotatable bonds is 5. The zero-order chi connectivity index (χ0) is 12.8. The van der Waals surface area contributed by atoms with Crippen molar-refractivity contribution < 1.29 is 9.18 Å². The predicted molar refractivity (Wildman–Crippen MR) is 65.6 cm³/mol. The fourth-order valence-electron chi connectivity index (χ4n) is 1.64. The molecule has 0 radical (unpaired) electrons. The summed E-state index contributed by atoms with van der Waals surface area (Å²) >= 11 is 0. The molecule has 0 heterocycles. The van der Waals surface area contributed by atoms with Crippen LogP contribution in [0, 0.1) is 17.7 Å². The maximum Gasteiger partial charge on any atom is 0.224 e. The van der Waals surface area contributed by atoms with Crippen molar-refractivity contribution in [1.29, 1.82) is 0 Å². The molecule has 4 heteroatoms. The standard InChI is InChI=1S/C13H19FN2O/c1-9(2)11(7-15)13(17)16-8-10-5-3-4-6-12(10)14/h3-6,9,11H,7-8,15H2,1-2H3,(H,16,17). The zero-order valence-electron chi connectivity index (χ0n) is 10.2. The van der Waals surface area contributed by atoms with Gasteiger partial charge < -0.3 is 11.1 Å². The van der Waals surface area contributed by atoms with Crippen LogP contribution in [0.2, 0.25) is 0 Å². The fraction of sp³-hybridized carbons (Fsp3) is 0.462. The van der Waals surface area contributed by atoms with Gasteiger partial charge in [-0.15, -0.1) is 0 Å². The number of halogens is 1. The smallest absolute Gasteiger partial charge is 0.224 e. The Bertz CT molecular complexity index is 379. The summed E-state index contributed by atoms with van der Waals surface area (Å²) in [7, 11) is 0. The van der Waals surface area contributed by atoms with Gasteiger partial charge in [0.15, 0.2) is 0 Å². The van der Waals surface area contributed by atoms with Gasteiger partial charge in [-0.2, -0.15) is 0 Å². The molecule has 94 valence electrons. The molecule has 1 rings (SSSR count). The van der Waals surface area contributed by atoms with Crippen LogP contribution in [0.25, 0.3) is 0 Å². The van der Waals surface area contributed by atoms with Crippen LogP contribution in [-0.2, 0) is 11.3 Å². The van der Waals surface area contributed by atoms with E-state index in [1.807, 2.05) is 13.8 Å². The second kappa shape index (κ2) is 6.35. The van der Waals surface area contributed by atoms with Gasteiger partial charge in [0, 0.05) is 18.7 Å². The van der Waals surface area contributed by atoms with E-state index in [1.165, 1.54) is 6.07 Å². The Morgan fingerprint density at radius 2 is 2.06 bits per heavy atom. The summed E-state index contributed by atoms with van der Waals surface area (Å²) in [6, 6.07) is 6.40. The summed E-state index contributed by atoms with van der Waals surface area (Å²) in [6.45, 7) is 4.40. The third-order valence-corrected chi connectivity index (χ3v) is 2.81. The Morgan fingerprint density at radius 3 is 2.59 bits per heavy atom. The molecule has 0 aliphatic rings. The fourth-order valence-corrected chi connectivity index (χ4v) is 1.64. The summed E-state index contributed by atoms with van der Waals surface area (Å²) < 4.78 is 13.3. The minimum absolute atomic E-state index is 0.120. The highest BCUT2D eigenvalue weighted by Crippen LogP contribution is 2.10. The molecule has 1 amide bonds. The van der Waals surface area contributed by atoms with Crippen molar-refractivity contribution in [2.75, 3.05) is 6.54 Å². The first-order chi connectivity index (χ1) is 8.06. The maximum absolute atomic E-state index is 13.3. The summed E-state index contributed by atoms with van der Waals surface area (Å²) in [5, 5.41) is 2.71. The topological polar surface area (TPSA) is 55.1 Å². The molecule has 3 N–H and O–H groups in total. The lowest BCUT2D eigenvalue weighted by molar-refractivity contribution is -0.126. The Morgan fingerprint density at radius 1 is 1.41 bits per heavy atom. The van der Waals surface area contributed by atoms with Gasteiger partial charge in [-0.25, -0.2) is 4.39 Å². The van der Waals surface area contributed by atoms with Gasteiger partial charge in [-0.3, -0.25) is 4.79 Å². The Labute approximate surface area is 101 Å². The number of hydrogen-bond acceptors (Lipinski definition) is 2. The van der Waals surface area contributed by atoms with Crippen LogP contribution in [0.4, 0.5) is 4.39 Å². The van der Waals surface area contributed by atoms with Crippen LogP contribution in [0.3, 0.4) is 0 Å². The number of amides is 1. The second-order valence-electron chi connectivity index (χ2n) is 4.40. The molecule has 3 nitrogen and oxygen atoms in total. The van der Waals surface area contributed by atoms with Gasteiger partial charge in [0.25, 0.3) is 0 Å². The largest absolute Gasteiger partial charge is 0.352 e. The Hall–Kier alpha value is -1.42. The van der Waals surface area contributed by atoms with Crippen LogP contribution in [0.5, 0.6) is 0 Å². The number of benzene rings is 1. The highest BCUT2D eigenvalue weighted by atomic mass is 19.1. The summed E-state index contributed by atoms with van der Waals surface area (Å²) in [6.07, 6.45) is 0. The van der Waals surface area contributed by atoms with Crippen molar-refractivity contribution in [2.24, 2.45) is 17.6 Å². The first-order valence-corrected chi connectivity index (χ1v) is 5.77. The van der Waals surface area contributed by atoms with Crippen molar-refractivity contribution in [2.45, 2.75) is 20.4 Å². The third-order valence-electron chi connectivity index (χ3n) is 2.81. The van der Waals surface area contributed by atoms with E-state index in [2.05, 4.69) is 5.32 Å². The molecule has 0 aliphatic carbocycles. The van der Waals surface area contributed by atoms with Gasteiger partial charge in [0.2, 0.25) is 5.91 Å². The molecule has 0 bridgehead atoms. The number of hydrogen-bond donors (Lipinski definition) is 2. The molecule has 1 aromatic carbocycles. The molecule has 1 unspecified atom stereocenters. The van der Waals surface area contributed by atoms with E-state index in [0.717, 1.165) is 0 Å². The van der Waals surface area contributed by atoms with Crippen molar-refractivity contribution in [3.05, 3.63) is 35.6 Å². The molecule has 0 aliphatic heterocycles. The lowest BCUT2D eigenvalue weighted by atomic mass is 9.95. The molecular weight excluding hydrogens is 219 g/mol. The molecule has 1 atom stereocenters. The number of nitrogens with two attached hydrogens (primary N) is 1. The highest BCUT2D eigenvalue weighted by molar-refractivity contribution is 5.79. The minimum atomic E-state index is -0.304. The SMILES string of the molecule is CC(C)C(CN)C(=O)NCc1ccccc1F. The number of carbonyl (C=O) groups is 1. The molecular formula is C13H19FN2O. The van der Waals surface area contributed by atoms with E-state index in [1.54, 1.807) is 18.2 Å². The molecule has 0 saturated heterocycles. The van der Waals surface area contributed by atoms with Crippen LogP contribution in [-0.4, -0.2) is 12.5 Å². The summed E-state index contributed by atoms with van der Waals surface area (Å²) in [5.41, 5.74) is 6.03. The van der Waals surface area contributed by atoms with Gasteiger partial charge >= 0.3 is 0 Å². The average Bonchev–Trinajstić information content (AvgIpc) is 2.28. The van der Waals surface area contributed by atoms with Crippen molar-refractivity contribution >= 4 is 5.91 Å². The first-order valence-electron chi connectivity index (χ1n) is 5.77. The molecule has 1 aromatic rings. The second-order valence-corrected chi connectivity index (χ2v) is 4.40. The molecule has 0 saturated carbocycles. The lowest BCUT2D eigenvalue weighted by Gasteiger charge is -2.18.